The molecule has 1 heterocycles. The number of carbonyl (C=O) groups excluding carboxylic acids is 2. The summed E-state index contributed by atoms with van der Waals surface area (Å²) in [7, 11) is -3.47. The van der Waals surface area contributed by atoms with Crippen LogP contribution in [-0.2, 0) is 21.0 Å². The Hall–Kier alpha value is -5.18. The van der Waals surface area contributed by atoms with E-state index in [4.69, 9.17) is 4.74 Å². The topological polar surface area (TPSA) is 147 Å². The third-order valence-electron chi connectivity index (χ3n) is 6.61. The maximum Gasteiger partial charge on any atom is 0.387 e. The number of rotatable bonds is 11. The molecule has 1 atom stereocenters. The van der Waals surface area contributed by atoms with Gasteiger partial charge in [-0.15, -0.1) is 0 Å². The molecule has 1 aromatic heterocycles. The minimum absolute atomic E-state index is 0.0188. The number of esters is 1. The Morgan fingerprint density at radius 1 is 1.02 bits per heavy atom. The highest BCUT2D eigenvalue weighted by Gasteiger charge is 2.25. The van der Waals surface area contributed by atoms with Crippen molar-refractivity contribution in [1.82, 2.24) is 4.57 Å². The van der Waals surface area contributed by atoms with Gasteiger partial charge in [-0.05, 0) is 68.4 Å². The van der Waals surface area contributed by atoms with Crippen molar-refractivity contribution in [2.75, 3.05) is 11.6 Å². The van der Waals surface area contributed by atoms with E-state index in [0.717, 1.165) is 30.5 Å². The Kier molecular flexibility index (Phi) is 9.61. The number of sulfone groups is 1. The lowest BCUT2D eigenvalue weighted by molar-refractivity contribution is -0.384. The first-order chi connectivity index (χ1) is 21.1. The summed E-state index contributed by atoms with van der Waals surface area (Å²) in [5, 5.41) is 13.6. The van der Waals surface area contributed by atoms with E-state index < -0.39 is 50.9 Å². The number of amides is 1. The van der Waals surface area contributed by atoms with Gasteiger partial charge in [-0.25, -0.2) is 17.6 Å². The highest BCUT2D eigenvalue weighted by atomic mass is 32.2. The van der Waals surface area contributed by atoms with Crippen molar-refractivity contribution in [2.24, 2.45) is 0 Å². The van der Waals surface area contributed by atoms with E-state index in [9.17, 15) is 41.3 Å². The van der Waals surface area contributed by atoms with E-state index in [1.807, 2.05) is 0 Å². The van der Waals surface area contributed by atoms with Crippen LogP contribution < -0.4 is 10.1 Å². The number of nitrogens with zero attached hydrogens (tertiary/aromatic N) is 2. The van der Waals surface area contributed by atoms with Crippen molar-refractivity contribution < 1.29 is 45.6 Å². The van der Waals surface area contributed by atoms with Crippen molar-refractivity contribution in [3.8, 4) is 11.4 Å². The lowest BCUT2D eigenvalue weighted by Crippen LogP contribution is -2.19. The van der Waals surface area contributed by atoms with Crippen LogP contribution in [0, 0.1) is 22.9 Å². The Balaban J connectivity index is 1.68. The summed E-state index contributed by atoms with van der Waals surface area (Å²) in [6.45, 7) is -0.224. The summed E-state index contributed by atoms with van der Waals surface area (Å²) < 4.78 is 75.6. The molecule has 0 fully saturated rings. The smallest absolute Gasteiger partial charge is 0.387 e. The fourth-order valence-corrected chi connectivity index (χ4v) is 5.17. The lowest BCUT2D eigenvalue weighted by atomic mass is 10.1. The second-order valence-electron chi connectivity index (χ2n) is 9.94. The molecule has 0 bridgehead atoms. The molecular weight excluding hydrogens is 619 g/mol. The molecule has 0 aliphatic carbocycles. The van der Waals surface area contributed by atoms with E-state index in [-0.39, 0.29) is 45.2 Å². The Morgan fingerprint density at radius 3 is 2.24 bits per heavy atom. The van der Waals surface area contributed by atoms with Crippen LogP contribution in [-0.4, -0.2) is 48.8 Å². The van der Waals surface area contributed by atoms with Crippen LogP contribution in [0.2, 0.25) is 0 Å². The average Bonchev–Trinajstić information content (AvgIpc) is 3.27. The Morgan fingerprint density at radius 2 is 1.67 bits per heavy atom. The molecule has 0 saturated carbocycles. The number of nitro groups is 1. The van der Waals surface area contributed by atoms with E-state index in [1.165, 1.54) is 60.0 Å². The second kappa shape index (κ2) is 13.2. The van der Waals surface area contributed by atoms with Crippen LogP contribution in [0.5, 0.6) is 5.75 Å². The standard InChI is InChI=1S/C30H26F3N3O8S/c1-17(43-29(38)19-4-9-22(10-5-19)36(39)40)14-23-16-25(28(37)34-21-7-11-24(12-8-21)45(3,41)42)18(2)35(23)26-13-6-20(31)15-27(26)44-30(32)33/h4-13,15-17,30H,14H2,1-3H3,(H,34,37). The summed E-state index contributed by atoms with van der Waals surface area (Å²) >= 11 is 0. The quantitative estimate of drug-likeness (QED) is 0.121. The molecule has 15 heteroatoms. The average molecular weight is 646 g/mol. The van der Waals surface area contributed by atoms with Crippen molar-refractivity contribution in [3.63, 3.8) is 0 Å². The van der Waals surface area contributed by atoms with E-state index in [0.29, 0.717) is 5.69 Å². The minimum atomic E-state index is -3.47. The summed E-state index contributed by atoms with van der Waals surface area (Å²) in [5.41, 5.74) is 0.719. The van der Waals surface area contributed by atoms with Crippen LogP contribution in [0.25, 0.3) is 5.69 Å². The summed E-state index contributed by atoms with van der Waals surface area (Å²) in [4.78, 5) is 36.4. The molecule has 3 aromatic carbocycles. The molecule has 0 radical (unpaired) electrons. The van der Waals surface area contributed by atoms with Crippen molar-refractivity contribution in [2.45, 2.75) is 37.9 Å². The monoisotopic (exact) mass is 645 g/mol. The molecule has 0 aliphatic heterocycles. The zero-order valence-corrected chi connectivity index (χ0v) is 24.8. The summed E-state index contributed by atoms with van der Waals surface area (Å²) in [5.74, 6) is -2.77. The fourth-order valence-electron chi connectivity index (χ4n) is 4.54. The second-order valence-corrected chi connectivity index (χ2v) is 12.0. The number of nitrogens with one attached hydrogen (secondary N) is 1. The maximum atomic E-state index is 14.0. The van der Waals surface area contributed by atoms with Gasteiger partial charge in [0.15, 0.2) is 15.6 Å². The molecule has 0 saturated heterocycles. The number of non-ortho nitro benzene ring substituents is 1. The van der Waals surface area contributed by atoms with Gasteiger partial charge in [-0.3, -0.25) is 14.9 Å². The third-order valence-corrected chi connectivity index (χ3v) is 7.73. The SMILES string of the molecule is Cc1c(C(=O)Nc2ccc(S(C)(=O)=O)cc2)cc(CC(C)OC(=O)c2ccc([N+](=O)[O-])cc2)n1-c1ccc(F)cc1OC(F)F. The normalized spacial score (nSPS) is 12.1. The highest BCUT2D eigenvalue weighted by molar-refractivity contribution is 7.90. The van der Waals surface area contributed by atoms with Crippen LogP contribution in [0.15, 0.2) is 77.7 Å². The fraction of sp³-hybridized carbons (Fsp3) is 0.200. The van der Waals surface area contributed by atoms with E-state index >= 15 is 0 Å². The Labute approximate surface area is 255 Å². The largest absolute Gasteiger partial charge is 0.459 e. The van der Waals surface area contributed by atoms with Gasteiger partial charge in [0, 0.05) is 48.0 Å². The maximum absolute atomic E-state index is 14.0. The molecule has 0 spiro atoms. The third kappa shape index (κ3) is 7.86. The predicted molar refractivity (Wildman–Crippen MR) is 156 cm³/mol. The molecule has 4 aromatic rings. The van der Waals surface area contributed by atoms with Crippen molar-refractivity contribution >= 4 is 33.1 Å². The number of aromatic nitrogens is 1. The minimum Gasteiger partial charge on any atom is -0.459 e. The van der Waals surface area contributed by atoms with Gasteiger partial charge >= 0.3 is 12.6 Å². The Bertz CT molecular complexity index is 1860. The van der Waals surface area contributed by atoms with E-state index in [2.05, 4.69) is 10.1 Å². The number of benzene rings is 3. The number of carbonyl (C=O) groups is 2. The number of anilines is 1. The van der Waals surface area contributed by atoms with Gasteiger partial charge in [-0.2, -0.15) is 8.78 Å². The first kappa shape index (κ1) is 32.7. The number of ether oxygens (including phenoxy) is 2. The molecule has 1 amide bonds. The number of nitro benzene ring substituents is 1. The molecule has 1 N–H and O–H groups in total. The first-order valence-corrected chi connectivity index (χ1v) is 15.1. The summed E-state index contributed by atoms with van der Waals surface area (Å²) in [6.07, 6.45) is 0.126. The lowest BCUT2D eigenvalue weighted by Gasteiger charge is -2.19. The molecule has 1 unspecified atom stereocenters. The number of hydrogen-bond acceptors (Lipinski definition) is 8. The van der Waals surface area contributed by atoms with Gasteiger partial charge in [0.1, 0.15) is 11.9 Å². The van der Waals surface area contributed by atoms with Crippen molar-refractivity contribution in [3.05, 3.63) is 111 Å². The molecule has 11 nitrogen and oxygen atoms in total. The molecule has 4 rings (SSSR count). The van der Waals surface area contributed by atoms with Crippen LogP contribution in [0.4, 0.5) is 24.5 Å². The van der Waals surface area contributed by atoms with Crippen LogP contribution >= 0.6 is 0 Å². The zero-order valence-electron chi connectivity index (χ0n) is 24.0. The van der Waals surface area contributed by atoms with Gasteiger partial charge in [-0.1, -0.05) is 0 Å². The van der Waals surface area contributed by atoms with Gasteiger partial charge in [0.25, 0.3) is 11.6 Å². The van der Waals surface area contributed by atoms with E-state index in [1.54, 1.807) is 6.92 Å². The van der Waals surface area contributed by atoms with Crippen LogP contribution in [0.1, 0.15) is 39.0 Å². The predicted octanol–water partition coefficient (Wildman–Crippen LogP) is 5.88. The summed E-state index contributed by atoms with van der Waals surface area (Å²) in [6, 6.07) is 14.6. The molecular formula is C30H26F3N3O8S. The number of alkyl halides is 2. The molecule has 236 valence electrons. The molecule has 45 heavy (non-hydrogen) atoms. The molecule has 0 aliphatic rings. The van der Waals surface area contributed by atoms with Crippen LogP contribution in [0.3, 0.4) is 0 Å². The first-order valence-electron chi connectivity index (χ1n) is 13.2. The van der Waals surface area contributed by atoms with Gasteiger partial charge in [0.05, 0.1) is 26.6 Å². The van der Waals surface area contributed by atoms with Gasteiger partial charge in [0.2, 0.25) is 0 Å². The number of hydrogen-bond donors (Lipinski definition) is 1. The highest BCUT2D eigenvalue weighted by Crippen LogP contribution is 2.32. The number of halogens is 3. The van der Waals surface area contributed by atoms with Crippen molar-refractivity contribution in [1.29, 1.82) is 0 Å². The zero-order chi connectivity index (χ0) is 33.1. The van der Waals surface area contributed by atoms with Gasteiger partial charge < -0.3 is 19.4 Å².